The van der Waals surface area contributed by atoms with Crippen molar-refractivity contribution in [3.05, 3.63) is 12.0 Å². The maximum Gasteiger partial charge on any atom is 0.390 e. The van der Waals surface area contributed by atoms with Crippen molar-refractivity contribution in [2.45, 2.75) is 19.1 Å². The Morgan fingerprint density at radius 3 is 2.67 bits per heavy atom. The molecule has 1 aromatic heterocycles. The fourth-order valence-electron chi connectivity index (χ4n) is 0.955. The quantitative estimate of drug-likeness (QED) is 0.840. The number of oxazole rings is 1. The summed E-state index contributed by atoms with van der Waals surface area (Å²) in [5.74, 6) is 0. The van der Waals surface area contributed by atoms with E-state index in [1.807, 2.05) is 0 Å². The zero-order valence-corrected chi connectivity index (χ0v) is 8.21. The van der Waals surface area contributed by atoms with Gasteiger partial charge in [0.2, 0.25) is 0 Å². The third kappa shape index (κ3) is 3.78. The highest BCUT2D eigenvalue weighted by Gasteiger charge is 2.27. The summed E-state index contributed by atoms with van der Waals surface area (Å²) >= 11 is 0. The van der Waals surface area contributed by atoms with Crippen LogP contribution in [0, 0.1) is 0 Å². The van der Waals surface area contributed by atoms with Gasteiger partial charge in [0.1, 0.15) is 6.26 Å². The van der Waals surface area contributed by atoms with Gasteiger partial charge in [-0.2, -0.15) is 18.2 Å². The van der Waals surface area contributed by atoms with Gasteiger partial charge in [-0.15, -0.1) is 0 Å². The van der Waals surface area contributed by atoms with Crippen molar-refractivity contribution in [2.75, 3.05) is 18.5 Å². The molecule has 0 saturated carbocycles. The first-order valence-electron chi connectivity index (χ1n) is 4.35. The van der Waals surface area contributed by atoms with Crippen LogP contribution in [-0.2, 0) is 6.54 Å². The lowest BCUT2D eigenvalue weighted by Gasteiger charge is -2.15. The van der Waals surface area contributed by atoms with E-state index in [0.29, 0.717) is 5.69 Å². The first-order valence-corrected chi connectivity index (χ1v) is 4.35. The summed E-state index contributed by atoms with van der Waals surface area (Å²) in [5, 5.41) is 0. The Hall–Kier alpha value is -1.24. The Bertz CT molecular complexity index is 310. The topological polar surface area (TPSA) is 55.3 Å². The molecule has 0 radical (unpaired) electrons. The van der Waals surface area contributed by atoms with Crippen LogP contribution in [0.4, 0.5) is 19.2 Å². The Morgan fingerprint density at radius 1 is 1.53 bits per heavy atom. The molecule has 1 aromatic rings. The molecule has 0 atom stereocenters. The second-order valence-corrected chi connectivity index (χ2v) is 3.11. The van der Waals surface area contributed by atoms with Gasteiger partial charge < -0.3 is 15.1 Å². The van der Waals surface area contributed by atoms with Gasteiger partial charge >= 0.3 is 6.18 Å². The molecule has 86 valence electrons. The summed E-state index contributed by atoms with van der Waals surface area (Å²) in [7, 11) is 1.48. The largest absolute Gasteiger partial charge is 0.432 e. The van der Waals surface area contributed by atoms with Crippen molar-refractivity contribution in [2.24, 2.45) is 5.73 Å². The number of halogens is 3. The number of rotatable bonds is 4. The summed E-state index contributed by atoms with van der Waals surface area (Å²) in [6.07, 6.45) is -3.74. The minimum absolute atomic E-state index is 0.153. The summed E-state index contributed by atoms with van der Waals surface area (Å²) in [5.41, 5.74) is 5.80. The summed E-state index contributed by atoms with van der Waals surface area (Å²) in [6.45, 7) is 0.0185. The van der Waals surface area contributed by atoms with E-state index in [9.17, 15) is 13.2 Å². The van der Waals surface area contributed by atoms with Crippen LogP contribution in [-0.4, -0.2) is 24.8 Å². The lowest BCUT2D eigenvalue weighted by molar-refractivity contribution is -0.132. The first-order chi connectivity index (χ1) is 6.92. The Balaban J connectivity index is 2.50. The second kappa shape index (κ2) is 4.52. The van der Waals surface area contributed by atoms with Gasteiger partial charge in [0, 0.05) is 20.1 Å². The van der Waals surface area contributed by atoms with E-state index in [-0.39, 0.29) is 19.1 Å². The van der Waals surface area contributed by atoms with Crippen molar-refractivity contribution in [1.82, 2.24) is 4.98 Å². The van der Waals surface area contributed by atoms with E-state index in [0.717, 1.165) is 0 Å². The van der Waals surface area contributed by atoms with Crippen LogP contribution >= 0.6 is 0 Å². The summed E-state index contributed by atoms with van der Waals surface area (Å²) < 4.78 is 40.7. The molecule has 15 heavy (non-hydrogen) atoms. The molecule has 4 nitrogen and oxygen atoms in total. The van der Waals surface area contributed by atoms with E-state index in [4.69, 9.17) is 10.2 Å². The number of hydrogen-bond donors (Lipinski definition) is 1. The van der Waals surface area contributed by atoms with Crippen LogP contribution in [0.5, 0.6) is 0 Å². The van der Waals surface area contributed by atoms with Crippen LogP contribution < -0.4 is 10.6 Å². The summed E-state index contributed by atoms with van der Waals surface area (Å²) in [6, 6.07) is 0.153. The molecule has 2 N–H and O–H groups in total. The fraction of sp³-hybridized carbons (Fsp3) is 0.625. The average molecular weight is 223 g/mol. The zero-order valence-electron chi connectivity index (χ0n) is 8.21. The maximum absolute atomic E-state index is 11.9. The molecule has 0 aliphatic heterocycles. The predicted molar refractivity (Wildman–Crippen MR) is 48.3 cm³/mol. The molecule has 0 aromatic carbocycles. The maximum atomic E-state index is 11.9. The Kier molecular flexibility index (Phi) is 3.57. The van der Waals surface area contributed by atoms with E-state index >= 15 is 0 Å². The molecule has 0 fully saturated rings. The Morgan fingerprint density at radius 2 is 2.20 bits per heavy atom. The minimum Gasteiger partial charge on any atom is -0.432 e. The third-order valence-electron chi connectivity index (χ3n) is 1.81. The average Bonchev–Trinajstić information content (AvgIpc) is 2.61. The lowest BCUT2D eigenvalue weighted by Crippen LogP contribution is -2.24. The van der Waals surface area contributed by atoms with E-state index in [1.165, 1.54) is 18.2 Å². The van der Waals surface area contributed by atoms with Gasteiger partial charge in [-0.1, -0.05) is 0 Å². The molecule has 7 heteroatoms. The second-order valence-electron chi connectivity index (χ2n) is 3.11. The van der Waals surface area contributed by atoms with E-state index < -0.39 is 12.6 Å². The van der Waals surface area contributed by atoms with E-state index in [2.05, 4.69) is 4.98 Å². The van der Waals surface area contributed by atoms with Crippen molar-refractivity contribution >= 4 is 6.01 Å². The van der Waals surface area contributed by atoms with Crippen LogP contribution in [0.3, 0.4) is 0 Å². The molecule has 0 unspecified atom stereocenters. The molecule has 0 amide bonds. The van der Waals surface area contributed by atoms with Crippen LogP contribution in [0.2, 0.25) is 0 Å². The molecular weight excluding hydrogens is 211 g/mol. The molecule has 0 aliphatic carbocycles. The van der Waals surface area contributed by atoms with Gasteiger partial charge in [-0.25, -0.2) is 0 Å². The van der Waals surface area contributed by atoms with Gasteiger partial charge in [0.15, 0.2) is 0 Å². The SMILES string of the molecule is CN(CCC(F)(F)F)c1nc(CN)co1. The highest BCUT2D eigenvalue weighted by Crippen LogP contribution is 2.21. The predicted octanol–water partition coefficient (Wildman–Crippen LogP) is 1.52. The smallest absolute Gasteiger partial charge is 0.390 e. The summed E-state index contributed by atoms with van der Waals surface area (Å²) in [4.78, 5) is 5.19. The zero-order chi connectivity index (χ0) is 11.5. The normalized spacial score (nSPS) is 11.8. The third-order valence-corrected chi connectivity index (χ3v) is 1.81. The van der Waals surface area contributed by atoms with Gasteiger partial charge in [-0.3, -0.25) is 0 Å². The lowest BCUT2D eigenvalue weighted by atomic mass is 10.4. The number of aromatic nitrogens is 1. The highest BCUT2D eigenvalue weighted by atomic mass is 19.4. The molecule has 1 rings (SSSR count). The fourth-order valence-corrected chi connectivity index (χ4v) is 0.955. The molecule has 1 heterocycles. The van der Waals surface area contributed by atoms with Crippen molar-refractivity contribution in [3.63, 3.8) is 0 Å². The molecule has 0 aliphatic rings. The number of hydrogen-bond acceptors (Lipinski definition) is 4. The molecular formula is C8H12F3N3O. The van der Waals surface area contributed by atoms with Crippen molar-refractivity contribution in [3.8, 4) is 0 Å². The van der Waals surface area contributed by atoms with Crippen LogP contribution in [0.1, 0.15) is 12.1 Å². The van der Waals surface area contributed by atoms with Gasteiger partial charge in [-0.05, 0) is 0 Å². The first kappa shape index (κ1) is 11.8. The number of alkyl halides is 3. The minimum atomic E-state index is -4.17. The number of anilines is 1. The number of nitrogens with zero attached hydrogens (tertiary/aromatic N) is 2. The molecule has 0 saturated heterocycles. The Labute approximate surface area is 84.9 Å². The molecule has 0 spiro atoms. The highest BCUT2D eigenvalue weighted by molar-refractivity contribution is 5.24. The van der Waals surface area contributed by atoms with Crippen LogP contribution in [0.15, 0.2) is 10.7 Å². The van der Waals surface area contributed by atoms with Gasteiger partial charge in [0.25, 0.3) is 6.01 Å². The number of nitrogens with two attached hydrogens (primary N) is 1. The van der Waals surface area contributed by atoms with Crippen LogP contribution in [0.25, 0.3) is 0 Å². The van der Waals surface area contributed by atoms with Crippen molar-refractivity contribution in [1.29, 1.82) is 0 Å². The standard InChI is InChI=1S/C8H12F3N3O/c1-14(3-2-8(9,10)11)7-13-6(4-12)5-15-7/h5H,2-4,12H2,1H3. The van der Waals surface area contributed by atoms with Crippen molar-refractivity contribution < 1.29 is 17.6 Å². The van der Waals surface area contributed by atoms with Gasteiger partial charge in [0.05, 0.1) is 12.1 Å². The monoisotopic (exact) mass is 223 g/mol. The van der Waals surface area contributed by atoms with E-state index in [1.54, 1.807) is 0 Å². The molecule has 0 bridgehead atoms.